The fraction of sp³-hybridized carbons (Fsp3) is 0.600. The molecule has 1 unspecified atom stereocenters. The molecule has 1 heterocycles. The van der Waals surface area contributed by atoms with Crippen LogP contribution in [0.1, 0.15) is 11.8 Å². The number of nitrogens with one attached hydrogen (secondary N) is 1. The van der Waals surface area contributed by atoms with Gasteiger partial charge in [0.25, 0.3) is 0 Å². The first-order valence-corrected chi connectivity index (χ1v) is 9.86. The van der Waals surface area contributed by atoms with Crippen LogP contribution in [0.4, 0.5) is 0 Å². The molecule has 0 aliphatic rings. The van der Waals surface area contributed by atoms with Gasteiger partial charge in [-0.25, -0.2) is 13.1 Å². The SMILES string of the molecule is CSCC(C)CNS(=O)(=O)c1cc(CN)sc1Br. The summed E-state index contributed by atoms with van der Waals surface area (Å²) in [4.78, 5) is 1.13. The predicted molar refractivity (Wildman–Crippen MR) is 82.6 cm³/mol. The van der Waals surface area contributed by atoms with Crippen molar-refractivity contribution >= 4 is 49.1 Å². The molecule has 0 aliphatic carbocycles. The van der Waals surface area contributed by atoms with Gasteiger partial charge in [-0.05, 0) is 39.9 Å². The summed E-state index contributed by atoms with van der Waals surface area (Å²) in [6.45, 7) is 2.82. The van der Waals surface area contributed by atoms with E-state index in [0.29, 0.717) is 22.8 Å². The summed E-state index contributed by atoms with van der Waals surface area (Å²) < 4.78 is 27.5. The Morgan fingerprint density at radius 3 is 2.78 bits per heavy atom. The van der Waals surface area contributed by atoms with Crippen LogP contribution >= 0.6 is 39.0 Å². The van der Waals surface area contributed by atoms with Crippen LogP contribution in [0, 0.1) is 5.92 Å². The van der Waals surface area contributed by atoms with E-state index >= 15 is 0 Å². The first-order valence-electron chi connectivity index (χ1n) is 5.37. The molecule has 1 aromatic rings. The Morgan fingerprint density at radius 2 is 2.28 bits per heavy atom. The summed E-state index contributed by atoms with van der Waals surface area (Å²) in [5.74, 6) is 1.24. The fourth-order valence-electron chi connectivity index (χ4n) is 1.35. The summed E-state index contributed by atoms with van der Waals surface area (Å²) in [6.07, 6.45) is 2.01. The molecule has 0 aliphatic heterocycles. The molecule has 4 nitrogen and oxygen atoms in total. The van der Waals surface area contributed by atoms with Crippen LogP contribution < -0.4 is 10.5 Å². The van der Waals surface area contributed by atoms with Crippen molar-refractivity contribution in [2.75, 3.05) is 18.6 Å². The number of thiophene rings is 1. The van der Waals surface area contributed by atoms with E-state index in [1.165, 1.54) is 11.3 Å². The molecule has 1 atom stereocenters. The van der Waals surface area contributed by atoms with Gasteiger partial charge in [0.15, 0.2) is 0 Å². The van der Waals surface area contributed by atoms with Crippen molar-refractivity contribution in [3.63, 3.8) is 0 Å². The van der Waals surface area contributed by atoms with E-state index in [9.17, 15) is 8.42 Å². The van der Waals surface area contributed by atoms with Gasteiger partial charge in [0.2, 0.25) is 10.0 Å². The van der Waals surface area contributed by atoms with E-state index in [1.54, 1.807) is 17.8 Å². The van der Waals surface area contributed by atoms with Crippen molar-refractivity contribution in [2.24, 2.45) is 11.7 Å². The standard InChI is InChI=1S/C10H17BrN2O2S3/c1-7(6-16-2)5-13-18(14,15)9-3-8(4-12)17-10(9)11/h3,7,13H,4-6,12H2,1-2H3. The van der Waals surface area contributed by atoms with Gasteiger partial charge >= 0.3 is 0 Å². The second kappa shape index (κ2) is 7.25. The third-order valence-corrected chi connectivity index (χ3v) is 6.87. The predicted octanol–water partition coefficient (Wildman–Crippen LogP) is 2.25. The van der Waals surface area contributed by atoms with Crippen molar-refractivity contribution in [3.05, 3.63) is 14.7 Å². The Balaban J connectivity index is 2.76. The van der Waals surface area contributed by atoms with E-state index < -0.39 is 10.0 Å². The summed E-state index contributed by atoms with van der Waals surface area (Å²) in [6, 6.07) is 1.62. The largest absolute Gasteiger partial charge is 0.326 e. The van der Waals surface area contributed by atoms with Gasteiger partial charge in [-0.2, -0.15) is 11.8 Å². The average molecular weight is 373 g/mol. The third-order valence-electron chi connectivity index (χ3n) is 2.27. The van der Waals surface area contributed by atoms with Crippen molar-refractivity contribution < 1.29 is 8.42 Å². The first kappa shape index (κ1) is 16.5. The van der Waals surface area contributed by atoms with Crippen LogP contribution in [-0.4, -0.2) is 27.0 Å². The zero-order valence-electron chi connectivity index (χ0n) is 10.3. The lowest BCUT2D eigenvalue weighted by Crippen LogP contribution is -2.29. The van der Waals surface area contributed by atoms with E-state index in [2.05, 4.69) is 20.7 Å². The van der Waals surface area contributed by atoms with Gasteiger partial charge in [-0.15, -0.1) is 11.3 Å². The minimum Gasteiger partial charge on any atom is -0.326 e. The second-order valence-corrected chi connectivity index (χ2v) is 9.07. The van der Waals surface area contributed by atoms with Crippen molar-refractivity contribution in [2.45, 2.75) is 18.4 Å². The lowest BCUT2D eigenvalue weighted by Gasteiger charge is -2.11. The molecule has 0 amide bonds. The highest BCUT2D eigenvalue weighted by molar-refractivity contribution is 9.11. The molecule has 0 saturated heterocycles. The molecule has 0 radical (unpaired) electrons. The lowest BCUT2D eigenvalue weighted by molar-refractivity contribution is 0.562. The van der Waals surface area contributed by atoms with Gasteiger partial charge < -0.3 is 5.73 Å². The summed E-state index contributed by atoms with van der Waals surface area (Å²) in [5, 5.41) is 0. The van der Waals surface area contributed by atoms with Gasteiger partial charge in [0.05, 0.1) is 3.79 Å². The minimum absolute atomic E-state index is 0.282. The van der Waals surface area contributed by atoms with Crippen LogP contribution in [-0.2, 0) is 16.6 Å². The van der Waals surface area contributed by atoms with Crippen molar-refractivity contribution in [1.82, 2.24) is 4.72 Å². The molecule has 0 aromatic carbocycles. The number of thioether (sulfide) groups is 1. The monoisotopic (exact) mass is 372 g/mol. The van der Waals surface area contributed by atoms with E-state index in [4.69, 9.17) is 5.73 Å². The molecular weight excluding hydrogens is 356 g/mol. The zero-order valence-corrected chi connectivity index (χ0v) is 14.3. The highest BCUT2D eigenvalue weighted by Gasteiger charge is 2.20. The molecule has 0 fully saturated rings. The van der Waals surface area contributed by atoms with E-state index in [-0.39, 0.29) is 4.90 Å². The van der Waals surface area contributed by atoms with Crippen LogP contribution in [0.3, 0.4) is 0 Å². The number of halogens is 1. The Kier molecular flexibility index (Phi) is 6.63. The number of nitrogens with two attached hydrogens (primary N) is 1. The maximum Gasteiger partial charge on any atom is 0.242 e. The number of hydrogen-bond acceptors (Lipinski definition) is 5. The Bertz CT molecular complexity index is 487. The smallest absolute Gasteiger partial charge is 0.242 e. The summed E-state index contributed by atoms with van der Waals surface area (Å²) in [7, 11) is -3.44. The molecule has 8 heteroatoms. The number of sulfonamides is 1. The summed E-state index contributed by atoms with van der Waals surface area (Å²) >= 11 is 6.33. The Morgan fingerprint density at radius 1 is 1.61 bits per heavy atom. The summed E-state index contributed by atoms with van der Waals surface area (Å²) in [5.41, 5.74) is 5.51. The molecule has 104 valence electrons. The second-order valence-electron chi connectivity index (χ2n) is 3.97. The molecule has 18 heavy (non-hydrogen) atoms. The molecule has 1 rings (SSSR count). The highest BCUT2D eigenvalue weighted by atomic mass is 79.9. The molecule has 1 aromatic heterocycles. The molecular formula is C10H17BrN2O2S3. The molecule has 0 saturated carbocycles. The third kappa shape index (κ3) is 4.50. The van der Waals surface area contributed by atoms with Gasteiger partial charge in [0.1, 0.15) is 4.90 Å². The molecule has 0 spiro atoms. The maximum atomic E-state index is 12.1. The highest BCUT2D eigenvalue weighted by Crippen LogP contribution is 2.31. The van der Waals surface area contributed by atoms with Gasteiger partial charge in [-0.1, -0.05) is 6.92 Å². The Hall–Kier alpha value is 0.400. The van der Waals surface area contributed by atoms with Crippen LogP contribution in [0.2, 0.25) is 0 Å². The van der Waals surface area contributed by atoms with Crippen LogP contribution in [0.25, 0.3) is 0 Å². The van der Waals surface area contributed by atoms with Crippen molar-refractivity contribution in [3.8, 4) is 0 Å². The average Bonchev–Trinajstić information content (AvgIpc) is 2.69. The van der Waals surface area contributed by atoms with E-state index in [1.807, 2.05) is 13.2 Å². The van der Waals surface area contributed by atoms with Crippen LogP contribution in [0.5, 0.6) is 0 Å². The molecule has 0 bridgehead atoms. The molecule has 3 N–H and O–H groups in total. The quantitative estimate of drug-likeness (QED) is 0.769. The maximum absolute atomic E-state index is 12.1. The lowest BCUT2D eigenvalue weighted by atomic mass is 10.2. The van der Waals surface area contributed by atoms with Gasteiger partial charge in [-0.3, -0.25) is 0 Å². The number of rotatable bonds is 7. The fourth-order valence-corrected chi connectivity index (χ4v) is 5.77. The first-order chi connectivity index (χ1) is 8.40. The topological polar surface area (TPSA) is 72.2 Å². The van der Waals surface area contributed by atoms with Crippen LogP contribution in [0.15, 0.2) is 14.7 Å². The van der Waals surface area contributed by atoms with E-state index in [0.717, 1.165) is 10.6 Å². The minimum atomic E-state index is -3.44. The van der Waals surface area contributed by atoms with Crippen molar-refractivity contribution in [1.29, 1.82) is 0 Å². The van der Waals surface area contributed by atoms with Gasteiger partial charge in [0, 0.05) is 18.0 Å². The Labute approximate surface area is 125 Å². The zero-order chi connectivity index (χ0) is 13.8. The normalized spacial score (nSPS) is 13.8. The number of hydrogen-bond donors (Lipinski definition) is 2.